The molecule has 1 heterocycles. The zero-order valence-electron chi connectivity index (χ0n) is 12.0. The van der Waals surface area contributed by atoms with E-state index in [1.165, 1.54) is 42.7 Å². The van der Waals surface area contributed by atoms with Crippen molar-refractivity contribution in [2.75, 3.05) is 0 Å². The summed E-state index contributed by atoms with van der Waals surface area (Å²) in [5.74, 6) is -1.66. The molecule has 0 aliphatic carbocycles. The van der Waals surface area contributed by atoms with Crippen LogP contribution >= 0.6 is 0 Å². The van der Waals surface area contributed by atoms with Crippen LogP contribution in [-0.2, 0) is 10.0 Å². The van der Waals surface area contributed by atoms with Crippen molar-refractivity contribution < 1.29 is 28.3 Å². The molecule has 0 saturated carbocycles. The van der Waals surface area contributed by atoms with E-state index in [0.29, 0.717) is 22.4 Å². The van der Waals surface area contributed by atoms with Crippen LogP contribution in [0, 0.1) is 0 Å². The summed E-state index contributed by atoms with van der Waals surface area (Å²) < 4.78 is 27.5. The predicted octanol–water partition coefficient (Wildman–Crippen LogP) is 1.77. The molecule has 2 aromatic carbocycles. The lowest BCUT2D eigenvalue weighted by Gasteiger charge is -2.06. The Morgan fingerprint density at radius 2 is 1.54 bits per heavy atom. The van der Waals surface area contributed by atoms with Crippen molar-refractivity contribution in [3.05, 3.63) is 42.7 Å². The van der Waals surface area contributed by atoms with E-state index >= 15 is 0 Å². The number of aromatic nitrogens is 1. The fourth-order valence-corrected chi connectivity index (χ4v) is 2.73. The standard InChI is InChI=1S/C15H12N2O6S/c16-24(21,22)10-3-1-8(2-4-10)11-7-23-17-14(11)9-5-12(18)15(20)13(19)6-9/h1-7,18-20H,(H2,16,21,22). The molecule has 3 rings (SSSR count). The Bertz CT molecular complexity index is 986. The van der Waals surface area contributed by atoms with Crippen molar-refractivity contribution in [1.29, 1.82) is 0 Å². The highest BCUT2D eigenvalue weighted by atomic mass is 32.2. The lowest BCUT2D eigenvalue weighted by molar-refractivity contribution is 0.368. The second-order valence-corrected chi connectivity index (χ2v) is 6.57. The van der Waals surface area contributed by atoms with E-state index in [2.05, 4.69) is 5.16 Å². The van der Waals surface area contributed by atoms with E-state index in [1.807, 2.05) is 0 Å². The predicted molar refractivity (Wildman–Crippen MR) is 83.7 cm³/mol. The summed E-state index contributed by atoms with van der Waals surface area (Å²) in [5, 5.41) is 37.5. The van der Waals surface area contributed by atoms with Gasteiger partial charge in [-0.3, -0.25) is 0 Å². The minimum Gasteiger partial charge on any atom is -0.504 e. The van der Waals surface area contributed by atoms with E-state index < -0.39 is 27.3 Å². The second-order valence-electron chi connectivity index (χ2n) is 5.01. The normalized spacial score (nSPS) is 11.5. The molecule has 0 atom stereocenters. The number of sulfonamides is 1. The van der Waals surface area contributed by atoms with Gasteiger partial charge in [-0.2, -0.15) is 0 Å². The van der Waals surface area contributed by atoms with Gasteiger partial charge in [-0.15, -0.1) is 0 Å². The van der Waals surface area contributed by atoms with Crippen LogP contribution in [0.1, 0.15) is 0 Å². The monoisotopic (exact) mass is 348 g/mol. The molecule has 5 N–H and O–H groups in total. The van der Waals surface area contributed by atoms with Crippen molar-refractivity contribution in [1.82, 2.24) is 5.16 Å². The third-order valence-corrected chi connectivity index (χ3v) is 4.34. The quantitative estimate of drug-likeness (QED) is 0.527. The van der Waals surface area contributed by atoms with Crippen molar-refractivity contribution >= 4 is 10.0 Å². The molecule has 124 valence electrons. The number of aromatic hydroxyl groups is 3. The molecule has 0 bridgehead atoms. The zero-order chi connectivity index (χ0) is 17.5. The summed E-state index contributed by atoms with van der Waals surface area (Å²) >= 11 is 0. The maximum Gasteiger partial charge on any atom is 0.238 e. The molecule has 9 heteroatoms. The molecule has 0 unspecified atom stereocenters. The van der Waals surface area contributed by atoms with Gasteiger partial charge in [0.25, 0.3) is 0 Å². The van der Waals surface area contributed by atoms with Crippen LogP contribution in [0.5, 0.6) is 17.2 Å². The van der Waals surface area contributed by atoms with Crippen molar-refractivity contribution in [3.8, 4) is 39.6 Å². The zero-order valence-corrected chi connectivity index (χ0v) is 12.9. The number of benzene rings is 2. The first kappa shape index (κ1) is 15.8. The molecule has 3 aromatic rings. The Morgan fingerprint density at radius 3 is 2.08 bits per heavy atom. The van der Waals surface area contributed by atoms with E-state index in [-0.39, 0.29) is 4.90 Å². The van der Waals surface area contributed by atoms with Crippen molar-refractivity contribution in [2.45, 2.75) is 4.90 Å². The molecule has 0 aliphatic heterocycles. The lowest BCUT2D eigenvalue weighted by atomic mass is 10.0. The highest BCUT2D eigenvalue weighted by Gasteiger charge is 2.17. The smallest absolute Gasteiger partial charge is 0.238 e. The highest BCUT2D eigenvalue weighted by Crippen LogP contribution is 2.41. The second kappa shape index (κ2) is 5.55. The van der Waals surface area contributed by atoms with E-state index in [0.717, 1.165) is 0 Å². The molecule has 0 radical (unpaired) electrons. The highest BCUT2D eigenvalue weighted by molar-refractivity contribution is 7.89. The SMILES string of the molecule is NS(=O)(=O)c1ccc(-c2conc2-c2cc(O)c(O)c(O)c2)cc1. The molecule has 0 saturated heterocycles. The van der Waals surface area contributed by atoms with Gasteiger partial charge < -0.3 is 19.8 Å². The van der Waals surface area contributed by atoms with Crippen molar-refractivity contribution in [3.63, 3.8) is 0 Å². The van der Waals surface area contributed by atoms with Crippen LogP contribution in [0.15, 0.2) is 52.1 Å². The third-order valence-electron chi connectivity index (χ3n) is 3.41. The topological polar surface area (TPSA) is 147 Å². The Morgan fingerprint density at radius 1 is 0.958 bits per heavy atom. The number of rotatable bonds is 3. The van der Waals surface area contributed by atoms with Crippen LogP contribution in [0.2, 0.25) is 0 Å². The van der Waals surface area contributed by atoms with Gasteiger partial charge >= 0.3 is 0 Å². The number of phenolic OH excluding ortho intramolecular Hbond substituents is 3. The molecule has 8 nitrogen and oxygen atoms in total. The molecule has 0 amide bonds. The Balaban J connectivity index is 2.08. The minimum absolute atomic E-state index is 0.0378. The number of nitrogens with two attached hydrogens (primary N) is 1. The molecule has 0 fully saturated rings. The van der Waals surface area contributed by atoms with Crippen LogP contribution in [0.25, 0.3) is 22.4 Å². The summed E-state index contributed by atoms with van der Waals surface area (Å²) in [6, 6.07) is 8.16. The summed E-state index contributed by atoms with van der Waals surface area (Å²) in [4.78, 5) is -0.0378. The molecular formula is C15H12N2O6S. The summed E-state index contributed by atoms with van der Waals surface area (Å²) in [6.07, 6.45) is 1.34. The van der Waals surface area contributed by atoms with Gasteiger partial charge in [-0.1, -0.05) is 17.3 Å². The summed E-state index contributed by atoms with van der Waals surface area (Å²) in [7, 11) is -3.80. The summed E-state index contributed by atoms with van der Waals surface area (Å²) in [6.45, 7) is 0. The van der Waals surface area contributed by atoms with Gasteiger partial charge in [0.1, 0.15) is 12.0 Å². The Labute approximate surface area is 136 Å². The van der Waals surface area contributed by atoms with Gasteiger partial charge in [-0.25, -0.2) is 13.6 Å². The van der Waals surface area contributed by atoms with Crippen LogP contribution in [0.4, 0.5) is 0 Å². The average Bonchev–Trinajstić information content (AvgIpc) is 3.01. The summed E-state index contributed by atoms with van der Waals surface area (Å²) in [5.41, 5.74) is 1.69. The van der Waals surface area contributed by atoms with Gasteiger partial charge in [0.05, 0.1) is 4.90 Å². The van der Waals surface area contributed by atoms with E-state index in [4.69, 9.17) is 9.66 Å². The molecule has 0 aliphatic rings. The molecule has 0 spiro atoms. The van der Waals surface area contributed by atoms with E-state index in [9.17, 15) is 23.7 Å². The van der Waals surface area contributed by atoms with Gasteiger partial charge in [0.2, 0.25) is 10.0 Å². The fraction of sp³-hybridized carbons (Fsp3) is 0. The maximum absolute atomic E-state index is 11.3. The Hall–Kier alpha value is -3.04. The molecule has 24 heavy (non-hydrogen) atoms. The lowest BCUT2D eigenvalue weighted by Crippen LogP contribution is -2.11. The Kier molecular flexibility index (Phi) is 3.66. The minimum atomic E-state index is -3.80. The van der Waals surface area contributed by atoms with Gasteiger partial charge in [-0.05, 0) is 29.8 Å². The first-order valence-electron chi connectivity index (χ1n) is 6.60. The number of primary sulfonamides is 1. The molecular weight excluding hydrogens is 336 g/mol. The van der Waals surface area contributed by atoms with Crippen molar-refractivity contribution in [2.24, 2.45) is 5.14 Å². The average molecular weight is 348 g/mol. The first-order chi connectivity index (χ1) is 11.3. The third kappa shape index (κ3) is 2.77. The fourth-order valence-electron chi connectivity index (χ4n) is 2.21. The number of hydrogen-bond donors (Lipinski definition) is 4. The molecule has 1 aromatic heterocycles. The van der Waals surface area contributed by atoms with E-state index in [1.54, 1.807) is 0 Å². The first-order valence-corrected chi connectivity index (χ1v) is 8.15. The van der Waals surface area contributed by atoms with Crippen LogP contribution < -0.4 is 5.14 Å². The van der Waals surface area contributed by atoms with Crippen LogP contribution in [-0.4, -0.2) is 28.9 Å². The largest absolute Gasteiger partial charge is 0.504 e. The van der Waals surface area contributed by atoms with Crippen LogP contribution in [0.3, 0.4) is 0 Å². The number of hydrogen-bond acceptors (Lipinski definition) is 7. The number of phenols is 3. The maximum atomic E-state index is 11.3. The van der Waals surface area contributed by atoms with Gasteiger partial charge in [0.15, 0.2) is 17.2 Å². The number of nitrogens with zero attached hydrogens (tertiary/aromatic N) is 1. The van der Waals surface area contributed by atoms with Gasteiger partial charge in [0, 0.05) is 11.1 Å².